The molecule has 0 saturated carbocycles. The van der Waals surface area contributed by atoms with Gasteiger partial charge in [0.15, 0.2) is 5.78 Å². The molecule has 0 aliphatic heterocycles. The van der Waals surface area contributed by atoms with Gasteiger partial charge in [0.05, 0.1) is 11.1 Å². The second-order valence-corrected chi connectivity index (χ2v) is 7.45. The minimum Gasteiger partial charge on any atom is -0.507 e. The Morgan fingerprint density at radius 2 is 1.12 bits per heavy atom. The molecule has 0 atom stereocenters. The molecule has 0 radical (unpaired) electrons. The SMILES string of the molecule is O=C(c1ccccc1)c1c(-c2ccccc2O)oc(-c2ccccc2)c1-c1ccccc1. The van der Waals surface area contributed by atoms with Gasteiger partial charge in [-0.1, -0.05) is 103 Å². The number of carbonyl (C=O) groups excluding carboxylic acids is 1. The van der Waals surface area contributed by atoms with Crippen LogP contribution in [0, 0.1) is 0 Å². The van der Waals surface area contributed by atoms with E-state index >= 15 is 0 Å². The average Bonchev–Trinajstić information content (AvgIpc) is 3.26. The van der Waals surface area contributed by atoms with Crippen LogP contribution in [0.4, 0.5) is 0 Å². The summed E-state index contributed by atoms with van der Waals surface area (Å²) < 4.78 is 6.42. The first-order chi connectivity index (χ1) is 15.7. The van der Waals surface area contributed by atoms with Crippen LogP contribution < -0.4 is 0 Å². The Balaban J connectivity index is 1.88. The van der Waals surface area contributed by atoms with Gasteiger partial charge < -0.3 is 9.52 Å². The molecule has 1 N–H and O–H groups in total. The normalized spacial score (nSPS) is 10.8. The highest BCUT2D eigenvalue weighted by Crippen LogP contribution is 2.45. The third-order valence-corrected chi connectivity index (χ3v) is 5.42. The molecule has 4 aromatic carbocycles. The number of phenolic OH excluding ortho intramolecular Hbond substituents is 1. The lowest BCUT2D eigenvalue weighted by Gasteiger charge is -2.08. The fraction of sp³-hybridized carbons (Fsp3) is 0. The van der Waals surface area contributed by atoms with E-state index in [4.69, 9.17) is 4.42 Å². The summed E-state index contributed by atoms with van der Waals surface area (Å²) in [5.41, 5.74) is 3.91. The Morgan fingerprint density at radius 1 is 0.594 bits per heavy atom. The van der Waals surface area contributed by atoms with Crippen molar-refractivity contribution in [2.75, 3.05) is 0 Å². The number of para-hydroxylation sites is 1. The molecule has 0 saturated heterocycles. The van der Waals surface area contributed by atoms with Crippen molar-refractivity contribution in [1.29, 1.82) is 0 Å². The van der Waals surface area contributed by atoms with E-state index in [1.165, 1.54) is 0 Å². The standard InChI is InChI=1S/C29H20O3/c30-24-19-11-10-18-23(24)29-26(27(31)21-14-6-2-7-15-21)25(20-12-4-1-5-13-20)28(32-29)22-16-8-3-9-17-22/h1-19,30H. The van der Waals surface area contributed by atoms with Crippen molar-refractivity contribution < 1.29 is 14.3 Å². The van der Waals surface area contributed by atoms with Crippen LogP contribution in [0.2, 0.25) is 0 Å². The van der Waals surface area contributed by atoms with Crippen LogP contribution in [0.3, 0.4) is 0 Å². The highest BCUT2D eigenvalue weighted by molar-refractivity contribution is 6.18. The van der Waals surface area contributed by atoms with Crippen molar-refractivity contribution >= 4 is 5.78 Å². The fourth-order valence-corrected chi connectivity index (χ4v) is 3.91. The van der Waals surface area contributed by atoms with E-state index in [9.17, 15) is 9.90 Å². The molecular weight excluding hydrogens is 396 g/mol. The summed E-state index contributed by atoms with van der Waals surface area (Å²) in [6.07, 6.45) is 0. The summed E-state index contributed by atoms with van der Waals surface area (Å²) in [5, 5.41) is 10.6. The third kappa shape index (κ3) is 3.50. The zero-order chi connectivity index (χ0) is 21.9. The highest BCUT2D eigenvalue weighted by Gasteiger charge is 2.29. The number of aromatic hydroxyl groups is 1. The van der Waals surface area contributed by atoms with E-state index in [-0.39, 0.29) is 11.5 Å². The van der Waals surface area contributed by atoms with E-state index < -0.39 is 0 Å². The van der Waals surface area contributed by atoms with E-state index in [0.29, 0.717) is 33.8 Å². The molecule has 5 rings (SSSR count). The first kappa shape index (κ1) is 19.6. The molecule has 3 nitrogen and oxygen atoms in total. The van der Waals surface area contributed by atoms with Gasteiger partial charge in [-0.25, -0.2) is 0 Å². The minimum absolute atomic E-state index is 0.0579. The van der Waals surface area contributed by atoms with Gasteiger partial charge in [-0.3, -0.25) is 4.79 Å². The quantitative estimate of drug-likeness (QED) is 0.308. The summed E-state index contributed by atoms with van der Waals surface area (Å²) in [6.45, 7) is 0. The van der Waals surface area contributed by atoms with Crippen LogP contribution in [-0.4, -0.2) is 10.9 Å². The Kier molecular flexibility index (Phi) is 5.14. The van der Waals surface area contributed by atoms with Gasteiger partial charge in [0.25, 0.3) is 0 Å². The van der Waals surface area contributed by atoms with E-state index in [1.54, 1.807) is 30.3 Å². The molecule has 3 heteroatoms. The zero-order valence-electron chi connectivity index (χ0n) is 17.2. The summed E-state index contributed by atoms with van der Waals surface area (Å²) in [6, 6.07) is 35.5. The number of ketones is 1. The second-order valence-electron chi connectivity index (χ2n) is 7.45. The van der Waals surface area contributed by atoms with Crippen LogP contribution in [0.5, 0.6) is 5.75 Å². The maximum Gasteiger partial charge on any atom is 0.197 e. The van der Waals surface area contributed by atoms with Crippen molar-refractivity contribution in [1.82, 2.24) is 0 Å². The average molecular weight is 416 g/mol. The Hall–Kier alpha value is -4.37. The van der Waals surface area contributed by atoms with Crippen LogP contribution in [0.1, 0.15) is 15.9 Å². The largest absolute Gasteiger partial charge is 0.507 e. The number of furan rings is 1. The predicted molar refractivity (Wildman–Crippen MR) is 127 cm³/mol. The van der Waals surface area contributed by atoms with Crippen LogP contribution in [-0.2, 0) is 0 Å². The van der Waals surface area contributed by atoms with Gasteiger partial charge in [-0.15, -0.1) is 0 Å². The third-order valence-electron chi connectivity index (χ3n) is 5.42. The molecule has 0 spiro atoms. The van der Waals surface area contributed by atoms with Crippen LogP contribution in [0.25, 0.3) is 33.8 Å². The molecule has 1 heterocycles. The molecule has 0 unspecified atom stereocenters. The fourth-order valence-electron chi connectivity index (χ4n) is 3.91. The maximum absolute atomic E-state index is 13.8. The molecule has 0 aliphatic rings. The minimum atomic E-state index is -0.159. The van der Waals surface area contributed by atoms with Gasteiger partial charge in [0, 0.05) is 16.7 Å². The molecule has 0 aliphatic carbocycles. The molecule has 0 fully saturated rings. The summed E-state index contributed by atoms with van der Waals surface area (Å²) >= 11 is 0. The van der Waals surface area contributed by atoms with E-state index in [0.717, 1.165) is 11.1 Å². The van der Waals surface area contributed by atoms with Gasteiger partial charge >= 0.3 is 0 Å². The second kappa shape index (κ2) is 8.40. The number of phenols is 1. The van der Waals surface area contributed by atoms with Crippen molar-refractivity contribution in [2.24, 2.45) is 0 Å². The van der Waals surface area contributed by atoms with Gasteiger partial charge in [0.1, 0.15) is 17.3 Å². The smallest absolute Gasteiger partial charge is 0.197 e. The van der Waals surface area contributed by atoms with Crippen LogP contribution >= 0.6 is 0 Å². The molecule has 32 heavy (non-hydrogen) atoms. The van der Waals surface area contributed by atoms with Gasteiger partial charge in [0.2, 0.25) is 0 Å². The lowest BCUT2D eigenvalue weighted by molar-refractivity contribution is 0.103. The highest BCUT2D eigenvalue weighted by atomic mass is 16.3. The summed E-state index contributed by atoms with van der Waals surface area (Å²) in [5.74, 6) is 0.847. The lowest BCUT2D eigenvalue weighted by atomic mass is 9.91. The number of rotatable bonds is 5. The van der Waals surface area contributed by atoms with Crippen molar-refractivity contribution in [2.45, 2.75) is 0 Å². The van der Waals surface area contributed by atoms with Crippen molar-refractivity contribution in [3.8, 4) is 39.5 Å². The Morgan fingerprint density at radius 3 is 1.75 bits per heavy atom. The summed E-state index contributed by atoms with van der Waals surface area (Å²) in [4.78, 5) is 13.8. The molecule has 0 bridgehead atoms. The van der Waals surface area contributed by atoms with E-state index in [2.05, 4.69) is 0 Å². The number of hydrogen-bond donors (Lipinski definition) is 1. The molecule has 5 aromatic rings. The lowest BCUT2D eigenvalue weighted by Crippen LogP contribution is -2.03. The topological polar surface area (TPSA) is 50.4 Å². The zero-order valence-corrected chi connectivity index (χ0v) is 17.2. The number of carbonyl (C=O) groups is 1. The number of benzene rings is 4. The monoisotopic (exact) mass is 416 g/mol. The van der Waals surface area contributed by atoms with Crippen LogP contribution in [0.15, 0.2) is 120 Å². The van der Waals surface area contributed by atoms with Gasteiger partial charge in [-0.05, 0) is 17.7 Å². The Labute approximate surface area is 186 Å². The van der Waals surface area contributed by atoms with Crippen molar-refractivity contribution in [3.05, 3.63) is 126 Å². The van der Waals surface area contributed by atoms with E-state index in [1.807, 2.05) is 84.9 Å². The van der Waals surface area contributed by atoms with Gasteiger partial charge in [-0.2, -0.15) is 0 Å². The first-order valence-electron chi connectivity index (χ1n) is 10.4. The molecule has 0 amide bonds. The molecule has 1 aromatic heterocycles. The first-order valence-corrected chi connectivity index (χ1v) is 10.4. The Bertz CT molecular complexity index is 1370. The number of hydrogen-bond acceptors (Lipinski definition) is 3. The molecular formula is C29H20O3. The predicted octanol–water partition coefficient (Wildman–Crippen LogP) is 7.22. The maximum atomic E-state index is 13.8. The summed E-state index contributed by atoms with van der Waals surface area (Å²) in [7, 11) is 0. The van der Waals surface area contributed by atoms with Crippen molar-refractivity contribution in [3.63, 3.8) is 0 Å². The molecule has 154 valence electrons.